The molecule has 1 saturated heterocycles. The highest BCUT2D eigenvalue weighted by molar-refractivity contribution is 7.99. The molecule has 2 rings (SSSR count). The van der Waals surface area contributed by atoms with Gasteiger partial charge in [0.15, 0.2) is 0 Å². The Morgan fingerprint density at radius 1 is 1.56 bits per heavy atom. The fourth-order valence-electron chi connectivity index (χ4n) is 2.07. The number of nitrogens with zero attached hydrogens (tertiary/aromatic N) is 1. The van der Waals surface area contributed by atoms with Gasteiger partial charge in [-0.2, -0.15) is 11.8 Å². The van der Waals surface area contributed by atoms with Crippen molar-refractivity contribution >= 4 is 29.1 Å². The summed E-state index contributed by atoms with van der Waals surface area (Å²) in [6.45, 7) is 3.85. The van der Waals surface area contributed by atoms with E-state index >= 15 is 0 Å². The molecule has 0 saturated carbocycles. The van der Waals surface area contributed by atoms with Crippen LogP contribution in [0.3, 0.4) is 0 Å². The van der Waals surface area contributed by atoms with Gasteiger partial charge in [0.25, 0.3) is 0 Å². The molecule has 4 heteroatoms. The lowest BCUT2D eigenvalue weighted by Crippen LogP contribution is -2.47. The highest BCUT2D eigenvalue weighted by atomic mass is 35.5. The Labute approximate surface area is 106 Å². The van der Waals surface area contributed by atoms with Crippen molar-refractivity contribution in [1.29, 1.82) is 0 Å². The highest BCUT2D eigenvalue weighted by Gasteiger charge is 2.23. The normalized spacial score (nSPS) is 21.2. The molecule has 16 heavy (non-hydrogen) atoms. The van der Waals surface area contributed by atoms with E-state index in [0.29, 0.717) is 12.6 Å². The van der Waals surface area contributed by atoms with Crippen LogP contribution in [0.2, 0.25) is 5.02 Å². The summed E-state index contributed by atoms with van der Waals surface area (Å²) < 4.78 is 0. The zero-order valence-corrected chi connectivity index (χ0v) is 11.0. The minimum absolute atomic E-state index is 0.441. The monoisotopic (exact) mass is 256 g/mol. The van der Waals surface area contributed by atoms with Gasteiger partial charge in [0.05, 0.1) is 6.04 Å². The molecule has 0 bridgehead atoms. The molecule has 2 nitrogen and oxygen atoms in total. The summed E-state index contributed by atoms with van der Waals surface area (Å²) in [4.78, 5) is 2.40. The molecule has 1 fully saturated rings. The predicted molar refractivity (Wildman–Crippen MR) is 73.7 cm³/mol. The molecule has 1 atom stereocenters. The Kier molecular flexibility index (Phi) is 4.00. The van der Waals surface area contributed by atoms with Crippen molar-refractivity contribution in [2.24, 2.45) is 5.73 Å². The van der Waals surface area contributed by atoms with Gasteiger partial charge in [0, 0.05) is 35.3 Å². The van der Waals surface area contributed by atoms with E-state index in [1.54, 1.807) is 0 Å². The second-order valence-electron chi connectivity index (χ2n) is 4.04. The zero-order valence-electron chi connectivity index (χ0n) is 9.45. The molecular formula is C12H17ClN2S. The van der Waals surface area contributed by atoms with Gasteiger partial charge in [-0.25, -0.2) is 0 Å². The van der Waals surface area contributed by atoms with Crippen molar-refractivity contribution in [3.63, 3.8) is 0 Å². The van der Waals surface area contributed by atoms with Gasteiger partial charge >= 0.3 is 0 Å². The molecule has 1 heterocycles. The second kappa shape index (κ2) is 5.30. The zero-order chi connectivity index (χ0) is 11.5. The van der Waals surface area contributed by atoms with E-state index in [1.807, 2.05) is 23.9 Å². The van der Waals surface area contributed by atoms with E-state index < -0.39 is 0 Å². The van der Waals surface area contributed by atoms with Gasteiger partial charge in [0.1, 0.15) is 0 Å². The van der Waals surface area contributed by atoms with E-state index in [4.69, 9.17) is 17.3 Å². The van der Waals surface area contributed by atoms with E-state index in [-0.39, 0.29) is 0 Å². The molecule has 1 aromatic carbocycles. The van der Waals surface area contributed by atoms with Crippen molar-refractivity contribution in [1.82, 2.24) is 0 Å². The lowest BCUT2D eigenvalue weighted by atomic mass is 10.1. The first-order chi connectivity index (χ1) is 7.74. The topological polar surface area (TPSA) is 29.3 Å². The maximum atomic E-state index is 6.16. The Bertz CT molecular complexity index is 370. The number of nitrogens with two attached hydrogens (primary N) is 1. The molecule has 1 aliphatic rings. The van der Waals surface area contributed by atoms with Crippen LogP contribution in [0.5, 0.6) is 0 Å². The third kappa shape index (κ3) is 2.31. The Morgan fingerprint density at radius 2 is 2.38 bits per heavy atom. The molecule has 0 amide bonds. The van der Waals surface area contributed by atoms with Gasteiger partial charge in [-0.05, 0) is 24.6 Å². The van der Waals surface area contributed by atoms with Crippen molar-refractivity contribution in [3.05, 3.63) is 28.8 Å². The molecule has 0 aliphatic carbocycles. The van der Waals surface area contributed by atoms with Gasteiger partial charge in [-0.1, -0.05) is 17.7 Å². The summed E-state index contributed by atoms with van der Waals surface area (Å²) in [6, 6.07) is 6.53. The quantitative estimate of drug-likeness (QED) is 0.882. The van der Waals surface area contributed by atoms with Gasteiger partial charge < -0.3 is 10.6 Å². The smallest absolute Gasteiger partial charge is 0.0503 e. The number of thioether (sulfide) groups is 1. The number of rotatable bonds is 2. The number of halogens is 1. The van der Waals surface area contributed by atoms with Crippen LogP contribution < -0.4 is 10.6 Å². The van der Waals surface area contributed by atoms with Crippen LogP contribution in [0.4, 0.5) is 5.69 Å². The molecule has 88 valence electrons. The lowest BCUT2D eigenvalue weighted by Gasteiger charge is -2.37. The summed E-state index contributed by atoms with van der Waals surface area (Å²) in [5.41, 5.74) is 8.23. The molecule has 1 unspecified atom stereocenters. The Hall–Kier alpha value is -0.380. The summed E-state index contributed by atoms with van der Waals surface area (Å²) in [5, 5.41) is 0.839. The summed E-state index contributed by atoms with van der Waals surface area (Å²) in [5.74, 6) is 2.28. The Morgan fingerprint density at radius 3 is 3.12 bits per heavy atom. The van der Waals surface area contributed by atoms with E-state index in [1.165, 1.54) is 11.4 Å². The minimum Gasteiger partial charge on any atom is -0.365 e. The molecule has 1 aromatic rings. The van der Waals surface area contributed by atoms with E-state index in [2.05, 4.69) is 17.9 Å². The van der Waals surface area contributed by atoms with Gasteiger partial charge in [-0.15, -0.1) is 0 Å². The second-order valence-corrected chi connectivity index (χ2v) is 5.60. The molecule has 2 N–H and O–H groups in total. The number of anilines is 1. The number of hydrogen-bond donors (Lipinski definition) is 1. The summed E-state index contributed by atoms with van der Waals surface area (Å²) in [7, 11) is 0. The van der Waals surface area contributed by atoms with Crippen LogP contribution in [-0.2, 0) is 0 Å². The van der Waals surface area contributed by atoms with Crippen molar-refractivity contribution in [3.8, 4) is 0 Å². The van der Waals surface area contributed by atoms with Crippen LogP contribution in [-0.4, -0.2) is 30.6 Å². The average molecular weight is 257 g/mol. The lowest BCUT2D eigenvalue weighted by molar-refractivity contribution is 0.653. The molecule has 0 aromatic heterocycles. The van der Waals surface area contributed by atoms with Crippen LogP contribution in [0.25, 0.3) is 0 Å². The first kappa shape index (κ1) is 12.1. The molecule has 0 radical (unpaired) electrons. The maximum Gasteiger partial charge on any atom is 0.0503 e. The SMILES string of the molecule is Cc1c(Cl)cccc1N1CCSCC1CN. The fraction of sp³-hybridized carbons (Fsp3) is 0.500. The number of hydrogen-bond acceptors (Lipinski definition) is 3. The fourth-order valence-corrected chi connectivity index (χ4v) is 3.32. The van der Waals surface area contributed by atoms with Crippen molar-refractivity contribution in [2.75, 3.05) is 29.5 Å². The molecule has 0 spiro atoms. The standard InChI is InChI=1S/C12H17ClN2S/c1-9-11(13)3-2-4-12(9)15-5-6-16-8-10(15)7-14/h2-4,10H,5-8,14H2,1H3. The third-order valence-corrected chi connectivity index (χ3v) is 4.55. The van der Waals surface area contributed by atoms with Crippen LogP contribution in [0.1, 0.15) is 5.56 Å². The largest absolute Gasteiger partial charge is 0.365 e. The predicted octanol–water partition coefficient (Wildman–Crippen LogP) is 2.53. The van der Waals surface area contributed by atoms with Crippen LogP contribution in [0.15, 0.2) is 18.2 Å². The van der Waals surface area contributed by atoms with Gasteiger partial charge in [-0.3, -0.25) is 0 Å². The third-order valence-electron chi connectivity index (χ3n) is 3.05. The van der Waals surface area contributed by atoms with Gasteiger partial charge in [0.2, 0.25) is 0 Å². The first-order valence-electron chi connectivity index (χ1n) is 5.53. The average Bonchev–Trinajstić information content (AvgIpc) is 2.33. The molecule has 1 aliphatic heterocycles. The summed E-state index contributed by atoms with van der Waals surface area (Å²) in [6.07, 6.45) is 0. The highest BCUT2D eigenvalue weighted by Crippen LogP contribution is 2.30. The minimum atomic E-state index is 0.441. The van der Waals surface area contributed by atoms with E-state index in [9.17, 15) is 0 Å². The van der Waals surface area contributed by atoms with Crippen molar-refractivity contribution in [2.45, 2.75) is 13.0 Å². The first-order valence-corrected chi connectivity index (χ1v) is 7.07. The van der Waals surface area contributed by atoms with Crippen LogP contribution >= 0.6 is 23.4 Å². The Balaban J connectivity index is 2.30. The molecular weight excluding hydrogens is 240 g/mol. The van der Waals surface area contributed by atoms with Crippen molar-refractivity contribution < 1.29 is 0 Å². The number of benzene rings is 1. The van der Waals surface area contributed by atoms with E-state index in [0.717, 1.165) is 22.9 Å². The summed E-state index contributed by atoms with van der Waals surface area (Å²) >= 11 is 8.14. The maximum absolute atomic E-state index is 6.16. The van der Waals surface area contributed by atoms with Crippen LogP contribution in [0, 0.1) is 6.92 Å².